The van der Waals surface area contributed by atoms with Crippen LogP contribution >= 0.6 is 33.2 Å². The van der Waals surface area contributed by atoms with Crippen molar-refractivity contribution in [3.63, 3.8) is 0 Å². The second kappa shape index (κ2) is 34.7. The fourth-order valence-electron chi connectivity index (χ4n) is 4.71. The number of amides is 2. The number of esters is 4. The Hall–Kier alpha value is -2.33. The van der Waals surface area contributed by atoms with E-state index in [-0.39, 0.29) is 101 Å². The summed E-state index contributed by atoms with van der Waals surface area (Å²) in [4.78, 5) is 77.1. The van der Waals surface area contributed by atoms with Crippen molar-refractivity contribution in [1.82, 2.24) is 25.3 Å². The summed E-state index contributed by atoms with van der Waals surface area (Å²) in [5.41, 5.74) is 0. The number of halogens is 3. The largest absolute Gasteiger partial charge is 0.469 e. The molecule has 56 heavy (non-hydrogen) atoms. The van der Waals surface area contributed by atoms with Crippen LogP contribution in [-0.4, -0.2) is 196 Å². The third-order valence-corrected chi connectivity index (χ3v) is 10.5. The summed E-state index contributed by atoms with van der Waals surface area (Å²) in [5, 5.41) is 5.65. The molecule has 0 aromatic carbocycles. The van der Waals surface area contributed by atoms with Gasteiger partial charge in [0.15, 0.2) is 0 Å². The van der Waals surface area contributed by atoms with E-state index in [0.29, 0.717) is 91.4 Å². The van der Waals surface area contributed by atoms with Gasteiger partial charge in [0, 0.05) is 97.5 Å². The summed E-state index contributed by atoms with van der Waals surface area (Å²) in [6, 6.07) is -2.46. The standard InChI is InChI=1S/C34H62Cl3N5O13Si/c1-49-31(45)7-15-41(16-8-32(46)50-2)19-24-53-22-11-38-29(43)5-13-40(21-26-55-27-28-56(35,36)37)14-6-30(44)39-12-23-54-25-20-42(17-9-33(47)51-3)18-10-34(48)52-4/h5-28H2,1-4H3,(H,38,43)(H,39,44). The van der Waals surface area contributed by atoms with Gasteiger partial charge in [-0.25, -0.2) is 0 Å². The molecule has 0 aliphatic heterocycles. The number of hydrogen-bond donors (Lipinski definition) is 2. The average molecular weight is 883 g/mol. The Labute approximate surface area is 345 Å². The minimum Gasteiger partial charge on any atom is -0.469 e. The lowest BCUT2D eigenvalue weighted by Gasteiger charge is -2.22. The predicted octanol–water partition coefficient (Wildman–Crippen LogP) is 0.863. The highest BCUT2D eigenvalue weighted by Crippen LogP contribution is 2.24. The second-order valence-corrected chi connectivity index (χ2v) is 21.5. The van der Waals surface area contributed by atoms with Crippen molar-refractivity contribution < 1.29 is 61.9 Å². The Balaban J connectivity index is 4.65. The van der Waals surface area contributed by atoms with Crippen LogP contribution in [0, 0.1) is 0 Å². The van der Waals surface area contributed by atoms with Gasteiger partial charge in [0.25, 0.3) is 0 Å². The van der Waals surface area contributed by atoms with Gasteiger partial charge in [0.05, 0.1) is 87.2 Å². The molecular formula is C34H62Cl3N5O13Si. The molecule has 0 saturated heterocycles. The first-order valence-corrected chi connectivity index (χ1v) is 23.7. The molecule has 0 fully saturated rings. The van der Waals surface area contributed by atoms with Gasteiger partial charge >= 0.3 is 29.9 Å². The topological polar surface area (TPSA) is 201 Å². The van der Waals surface area contributed by atoms with E-state index in [1.54, 1.807) is 0 Å². The first-order valence-electron chi connectivity index (χ1n) is 18.5. The molecule has 0 bridgehead atoms. The van der Waals surface area contributed by atoms with Gasteiger partial charge in [-0.05, 0) is 0 Å². The van der Waals surface area contributed by atoms with E-state index in [9.17, 15) is 28.8 Å². The van der Waals surface area contributed by atoms with Crippen molar-refractivity contribution in [2.45, 2.75) is 44.6 Å². The van der Waals surface area contributed by atoms with Gasteiger partial charge in [-0.3, -0.25) is 38.6 Å². The van der Waals surface area contributed by atoms with Crippen LogP contribution in [0.4, 0.5) is 0 Å². The molecule has 326 valence electrons. The Morgan fingerprint density at radius 3 is 1.00 bits per heavy atom. The van der Waals surface area contributed by atoms with Crippen molar-refractivity contribution >= 4 is 74.9 Å². The van der Waals surface area contributed by atoms with Gasteiger partial charge in [0.1, 0.15) is 0 Å². The summed E-state index contributed by atoms with van der Waals surface area (Å²) in [6.07, 6.45) is 1.08. The average Bonchev–Trinajstić information content (AvgIpc) is 3.17. The number of carbonyl (C=O) groups excluding carboxylic acids is 6. The smallest absolute Gasteiger partial charge is 0.343 e. The van der Waals surface area contributed by atoms with Crippen molar-refractivity contribution in [2.75, 3.05) is 140 Å². The third-order valence-electron chi connectivity index (χ3n) is 8.07. The zero-order valence-electron chi connectivity index (χ0n) is 33.3. The fraction of sp³-hybridized carbons (Fsp3) is 0.824. The molecule has 0 aromatic rings. The molecule has 0 aliphatic carbocycles. The van der Waals surface area contributed by atoms with Gasteiger partial charge < -0.3 is 48.7 Å². The predicted molar refractivity (Wildman–Crippen MR) is 212 cm³/mol. The van der Waals surface area contributed by atoms with E-state index < -0.39 is 6.00 Å². The van der Waals surface area contributed by atoms with Gasteiger partial charge in [-0.15, -0.1) is 33.2 Å². The van der Waals surface area contributed by atoms with Crippen LogP contribution in [-0.2, 0) is 61.9 Å². The molecule has 0 spiro atoms. The third kappa shape index (κ3) is 33.8. The number of methoxy groups -OCH3 is 4. The van der Waals surface area contributed by atoms with Crippen LogP contribution in [0.1, 0.15) is 38.5 Å². The van der Waals surface area contributed by atoms with Crippen molar-refractivity contribution in [2.24, 2.45) is 0 Å². The Kier molecular flexibility index (Phi) is 33.2. The van der Waals surface area contributed by atoms with E-state index in [4.69, 9.17) is 66.4 Å². The maximum atomic E-state index is 12.6. The van der Waals surface area contributed by atoms with Crippen molar-refractivity contribution in [3.05, 3.63) is 0 Å². The first kappa shape index (κ1) is 53.7. The molecule has 0 atom stereocenters. The van der Waals surface area contributed by atoms with E-state index in [2.05, 4.69) is 10.6 Å². The van der Waals surface area contributed by atoms with E-state index in [1.807, 2.05) is 14.7 Å². The minimum atomic E-state index is -2.81. The number of nitrogens with zero attached hydrogens (tertiary/aromatic N) is 3. The molecule has 0 aromatic heterocycles. The first-order chi connectivity index (χ1) is 26.7. The van der Waals surface area contributed by atoms with E-state index in [1.165, 1.54) is 28.4 Å². The highest BCUT2D eigenvalue weighted by atomic mass is 35.8. The zero-order chi connectivity index (χ0) is 42.0. The lowest BCUT2D eigenvalue weighted by atomic mass is 10.3. The molecule has 0 heterocycles. The Bertz CT molecular complexity index is 1020. The van der Waals surface area contributed by atoms with Gasteiger partial charge in [-0.2, -0.15) is 0 Å². The van der Waals surface area contributed by atoms with Crippen LogP contribution in [0.3, 0.4) is 0 Å². The van der Waals surface area contributed by atoms with Crippen molar-refractivity contribution in [3.8, 4) is 0 Å². The van der Waals surface area contributed by atoms with Crippen LogP contribution in [0.2, 0.25) is 6.04 Å². The Morgan fingerprint density at radius 2 is 0.714 bits per heavy atom. The van der Waals surface area contributed by atoms with Crippen LogP contribution in [0.5, 0.6) is 0 Å². The molecule has 0 aliphatic rings. The number of rotatable bonds is 36. The highest BCUT2D eigenvalue weighted by molar-refractivity contribution is 7.64. The quantitative estimate of drug-likeness (QED) is 0.0295. The molecule has 0 saturated carbocycles. The SMILES string of the molecule is COC(=O)CCN(CCOCCNC(=O)CCN(CCOCC[Si](Cl)(Cl)Cl)CCC(=O)NCCOCCN(CCC(=O)OC)CCC(=O)OC)CCC(=O)OC. The molecule has 2 amide bonds. The van der Waals surface area contributed by atoms with Crippen molar-refractivity contribution in [1.29, 1.82) is 0 Å². The summed E-state index contributed by atoms with van der Waals surface area (Å²) in [5.74, 6) is -1.77. The van der Waals surface area contributed by atoms with Gasteiger partial charge in [-0.1, -0.05) is 0 Å². The monoisotopic (exact) mass is 881 g/mol. The number of ether oxygens (including phenoxy) is 7. The normalized spacial score (nSPS) is 11.5. The molecule has 0 unspecified atom stereocenters. The summed E-state index contributed by atoms with van der Waals surface area (Å²) >= 11 is 17.8. The highest BCUT2D eigenvalue weighted by Gasteiger charge is 2.24. The van der Waals surface area contributed by atoms with Crippen LogP contribution in [0.25, 0.3) is 0 Å². The number of hydrogen-bond acceptors (Lipinski definition) is 16. The molecule has 18 nitrogen and oxygen atoms in total. The van der Waals surface area contributed by atoms with Crippen LogP contribution in [0.15, 0.2) is 0 Å². The molecular weight excluding hydrogens is 821 g/mol. The Morgan fingerprint density at radius 1 is 0.429 bits per heavy atom. The van der Waals surface area contributed by atoms with Crippen LogP contribution < -0.4 is 10.6 Å². The summed E-state index contributed by atoms with van der Waals surface area (Å²) in [7, 11) is 5.27. The molecule has 22 heteroatoms. The molecule has 2 N–H and O–H groups in total. The minimum absolute atomic E-state index is 0.178. The van der Waals surface area contributed by atoms with E-state index >= 15 is 0 Å². The summed E-state index contributed by atoms with van der Waals surface area (Å²) in [6.45, 7) is 6.16. The summed E-state index contributed by atoms with van der Waals surface area (Å²) < 4.78 is 35.7. The maximum Gasteiger partial charge on any atom is 0.343 e. The zero-order valence-corrected chi connectivity index (χ0v) is 36.5. The molecule has 0 rings (SSSR count). The van der Waals surface area contributed by atoms with E-state index in [0.717, 1.165) is 0 Å². The lowest BCUT2D eigenvalue weighted by molar-refractivity contribution is -0.143. The lowest BCUT2D eigenvalue weighted by Crippen LogP contribution is -2.37. The van der Waals surface area contributed by atoms with Gasteiger partial charge in [0.2, 0.25) is 11.8 Å². The maximum absolute atomic E-state index is 12.6. The second-order valence-electron chi connectivity index (χ2n) is 12.2. The number of nitrogens with one attached hydrogen (secondary N) is 2. The number of carbonyl (C=O) groups is 6. The molecule has 0 radical (unpaired) electrons. The fourth-order valence-corrected chi connectivity index (χ4v) is 5.78.